The number of benzene rings is 1. The molecule has 0 saturated heterocycles. The minimum absolute atomic E-state index is 0.507. The van der Waals surface area contributed by atoms with Crippen molar-refractivity contribution in [2.45, 2.75) is 26.8 Å². The van der Waals surface area contributed by atoms with Crippen LogP contribution in [-0.4, -0.2) is 26.9 Å². The molecule has 0 fully saturated rings. The van der Waals surface area contributed by atoms with Crippen molar-refractivity contribution in [1.82, 2.24) is 19.7 Å². The highest BCUT2D eigenvalue weighted by Gasteiger charge is 2.06. The summed E-state index contributed by atoms with van der Waals surface area (Å²) < 4.78 is 7.10. The number of aryl methyl sites for hydroxylation is 2. The van der Waals surface area contributed by atoms with Crippen LogP contribution in [0.3, 0.4) is 0 Å². The van der Waals surface area contributed by atoms with E-state index in [1.54, 1.807) is 19.4 Å². The van der Waals surface area contributed by atoms with Crippen molar-refractivity contribution in [1.29, 1.82) is 0 Å². The molecule has 0 atom stereocenters. The van der Waals surface area contributed by atoms with Gasteiger partial charge in [-0.15, -0.1) is 0 Å². The van der Waals surface area contributed by atoms with E-state index in [2.05, 4.69) is 58.6 Å². The molecule has 0 aliphatic rings. The van der Waals surface area contributed by atoms with E-state index in [0.717, 1.165) is 35.3 Å². The largest absolute Gasteiger partial charge is 0.481 e. The van der Waals surface area contributed by atoms with E-state index in [4.69, 9.17) is 4.74 Å². The van der Waals surface area contributed by atoms with Crippen molar-refractivity contribution >= 4 is 11.6 Å². The summed E-state index contributed by atoms with van der Waals surface area (Å²) in [6.45, 7) is 5.14. The fourth-order valence-corrected chi connectivity index (χ4v) is 2.53. The SMILES string of the molecule is CCCn1cc(-c2cc(C)cc(Nc3nccc(OC)n3)c2)cn1. The Kier molecular flexibility index (Phi) is 4.74. The van der Waals surface area contributed by atoms with Gasteiger partial charge in [0.05, 0.1) is 13.3 Å². The molecule has 0 aliphatic carbocycles. The first kappa shape index (κ1) is 16.0. The number of ether oxygens (including phenoxy) is 1. The molecule has 1 N–H and O–H groups in total. The molecular weight excluding hydrogens is 302 g/mol. The number of aromatic nitrogens is 4. The van der Waals surface area contributed by atoms with Gasteiger partial charge in [-0.25, -0.2) is 4.98 Å². The third-order valence-corrected chi connectivity index (χ3v) is 3.59. The van der Waals surface area contributed by atoms with Gasteiger partial charge in [0.2, 0.25) is 11.8 Å². The van der Waals surface area contributed by atoms with Crippen LogP contribution in [0.15, 0.2) is 42.9 Å². The third kappa shape index (κ3) is 3.71. The predicted molar refractivity (Wildman–Crippen MR) is 94.6 cm³/mol. The van der Waals surface area contributed by atoms with Gasteiger partial charge < -0.3 is 10.1 Å². The van der Waals surface area contributed by atoms with E-state index in [1.807, 2.05) is 10.9 Å². The topological polar surface area (TPSA) is 64.9 Å². The summed E-state index contributed by atoms with van der Waals surface area (Å²) in [5.74, 6) is 1.04. The van der Waals surface area contributed by atoms with Gasteiger partial charge >= 0.3 is 0 Å². The summed E-state index contributed by atoms with van der Waals surface area (Å²) in [7, 11) is 1.59. The lowest BCUT2D eigenvalue weighted by molar-refractivity contribution is 0.397. The van der Waals surface area contributed by atoms with Crippen LogP contribution in [0, 0.1) is 6.92 Å². The van der Waals surface area contributed by atoms with Crippen LogP contribution in [0.5, 0.6) is 5.88 Å². The lowest BCUT2D eigenvalue weighted by Gasteiger charge is -2.09. The smallest absolute Gasteiger partial charge is 0.230 e. The third-order valence-electron chi connectivity index (χ3n) is 3.59. The number of nitrogens with zero attached hydrogens (tertiary/aromatic N) is 4. The Morgan fingerprint density at radius 1 is 1.21 bits per heavy atom. The Morgan fingerprint density at radius 3 is 2.88 bits per heavy atom. The van der Waals surface area contributed by atoms with Crippen LogP contribution in [0.2, 0.25) is 0 Å². The minimum atomic E-state index is 0.507. The molecule has 3 rings (SSSR count). The van der Waals surface area contributed by atoms with Gasteiger partial charge in [-0.3, -0.25) is 4.68 Å². The molecule has 2 aromatic heterocycles. The zero-order valence-electron chi connectivity index (χ0n) is 14.2. The summed E-state index contributed by atoms with van der Waals surface area (Å²) in [5, 5.41) is 7.64. The molecule has 0 saturated carbocycles. The number of hydrogen-bond acceptors (Lipinski definition) is 5. The average Bonchev–Trinajstić information content (AvgIpc) is 3.03. The summed E-state index contributed by atoms with van der Waals surface area (Å²) in [4.78, 5) is 8.51. The quantitative estimate of drug-likeness (QED) is 0.747. The van der Waals surface area contributed by atoms with Crippen LogP contribution in [0.4, 0.5) is 11.6 Å². The van der Waals surface area contributed by atoms with Crippen molar-refractivity contribution in [2.75, 3.05) is 12.4 Å². The van der Waals surface area contributed by atoms with Gasteiger partial charge in [0.15, 0.2) is 0 Å². The van der Waals surface area contributed by atoms with Crippen molar-refractivity contribution in [2.24, 2.45) is 0 Å². The number of nitrogens with one attached hydrogen (secondary N) is 1. The Labute approximate surface area is 141 Å². The van der Waals surface area contributed by atoms with Gasteiger partial charge in [-0.1, -0.05) is 13.0 Å². The maximum atomic E-state index is 5.13. The molecule has 6 nitrogen and oxygen atoms in total. The van der Waals surface area contributed by atoms with Crippen LogP contribution < -0.4 is 10.1 Å². The summed E-state index contributed by atoms with van der Waals surface area (Å²) in [6, 6.07) is 7.99. The van der Waals surface area contributed by atoms with Crippen molar-refractivity contribution in [3.63, 3.8) is 0 Å². The zero-order chi connectivity index (χ0) is 16.9. The lowest BCUT2D eigenvalue weighted by atomic mass is 10.1. The fraction of sp³-hybridized carbons (Fsp3) is 0.278. The van der Waals surface area contributed by atoms with Crippen molar-refractivity contribution in [3.05, 3.63) is 48.4 Å². The molecule has 0 bridgehead atoms. The molecule has 1 aromatic carbocycles. The van der Waals surface area contributed by atoms with Gasteiger partial charge in [-0.2, -0.15) is 10.1 Å². The van der Waals surface area contributed by atoms with Gasteiger partial charge in [0.25, 0.3) is 0 Å². The highest BCUT2D eigenvalue weighted by Crippen LogP contribution is 2.26. The van der Waals surface area contributed by atoms with Crippen LogP contribution >= 0.6 is 0 Å². The molecular formula is C18H21N5O. The fourth-order valence-electron chi connectivity index (χ4n) is 2.53. The van der Waals surface area contributed by atoms with Crippen LogP contribution in [-0.2, 0) is 6.54 Å². The zero-order valence-corrected chi connectivity index (χ0v) is 14.2. The first-order valence-corrected chi connectivity index (χ1v) is 7.96. The lowest BCUT2D eigenvalue weighted by Crippen LogP contribution is -1.99. The number of hydrogen-bond donors (Lipinski definition) is 1. The number of methoxy groups -OCH3 is 1. The Balaban J connectivity index is 1.87. The van der Waals surface area contributed by atoms with E-state index in [-0.39, 0.29) is 0 Å². The maximum Gasteiger partial charge on any atom is 0.230 e. The second kappa shape index (κ2) is 7.12. The Bertz CT molecular complexity index is 828. The highest BCUT2D eigenvalue weighted by atomic mass is 16.5. The second-order valence-corrected chi connectivity index (χ2v) is 5.63. The van der Waals surface area contributed by atoms with E-state index in [9.17, 15) is 0 Å². The Morgan fingerprint density at radius 2 is 2.08 bits per heavy atom. The molecule has 124 valence electrons. The molecule has 0 amide bonds. The summed E-state index contributed by atoms with van der Waals surface area (Å²) in [6.07, 6.45) is 6.70. The molecule has 0 aliphatic heterocycles. The van der Waals surface area contributed by atoms with Crippen LogP contribution in [0.1, 0.15) is 18.9 Å². The second-order valence-electron chi connectivity index (χ2n) is 5.63. The summed E-state index contributed by atoms with van der Waals surface area (Å²) in [5.41, 5.74) is 4.30. The summed E-state index contributed by atoms with van der Waals surface area (Å²) >= 11 is 0. The van der Waals surface area contributed by atoms with E-state index in [0.29, 0.717) is 11.8 Å². The molecule has 3 aromatic rings. The minimum Gasteiger partial charge on any atom is -0.481 e. The maximum absolute atomic E-state index is 5.13. The van der Waals surface area contributed by atoms with E-state index in [1.165, 1.54) is 0 Å². The van der Waals surface area contributed by atoms with Gasteiger partial charge in [-0.05, 0) is 36.6 Å². The Hall–Kier alpha value is -2.89. The van der Waals surface area contributed by atoms with Crippen LogP contribution in [0.25, 0.3) is 11.1 Å². The number of rotatable bonds is 6. The average molecular weight is 323 g/mol. The standard InChI is InChI=1S/C18H21N5O/c1-4-7-23-12-15(11-20-23)14-8-13(2)9-16(10-14)21-18-19-6-5-17(22-18)24-3/h5-6,8-12H,4,7H2,1-3H3,(H,19,21,22). The van der Waals surface area contributed by atoms with E-state index >= 15 is 0 Å². The molecule has 24 heavy (non-hydrogen) atoms. The normalized spacial score (nSPS) is 10.6. The number of anilines is 2. The van der Waals surface area contributed by atoms with Crippen molar-refractivity contribution in [3.8, 4) is 17.0 Å². The molecule has 0 spiro atoms. The van der Waals surface area contributed by atoms with Gasteiger partial charge in [0, 0.05) is 36.3 Å². The predicted octanol–water partition coefficient (Wildman–Crippen LogP) is 3.81. The first-order chi connectivity index (χ1) is 11.7. The molecule has 0 unspecified atom stereocenters. The monoisotopic (exact) mass is 323 g/mol. The van der Waals surface area contributed by atoms with Crippen molar-refractivity contribution < 1.29 is 4.74 Å². The molecule has 6 heteroatoms. The molecule has 2 heterocycles. The van der Waals surface area contributed by atoms with E-state index < -0.39 is 0 Å². The van der Waals surface area contributed by atoms with Gasteiger partial charge in [0.1, 0.15) is 0 Å². The highest BCUT2D eigenvalue weighted by molar-refractivity contribution is 5.70. The first-order valence-electron chi connectivity index (χ1n) is 7.96. The molecule has 0 radical (unpaired) electrons.